The third-order valence-corrected chi connectivity index (χ3v) is 4.46. The summed E-state index contributed by atoms with van der Waals surface area (Å²) in [7, 11) is 1.62. The number of nitrogens with zero attached hydrogens (tertiary/aromatic N) is 1. The summed E-state index contributed by atoms with van der Waals surface area (Å²) in [5, 5.41) is 0. The maximum Gasteiger partial charge on any atom is 0.294 e. The Morgan fingerprint density at radius 2 is 1.44 bits per heavy atom. The van der Waals surface area contributed by atoms with Crippen LogP contribution in [-0.4, -0.2) is 24.6 Å². The molecule has 0 aromatic heterocycles. The van der Waals surface area contributed by atoms with Gasteiger partial charge in [-0.15, -0.1) is 0 Å². The largest absolute Gasteiger partial charge is 0.370 e. The van der Waals surface area contributed by atoms with Gasteiger partial charge in [-0.2, -0.15) is 0 Å². The first-order valence-electron chi connectivity index (χ1n) is 9.23. The van der Waals surface area contributed by atoms with Gasteiger partial charge in [0, 0.05) is 25.6 Å². The van der Waals surface area contributed by atoms with Crippen molar-refractivity contribution in [3.63, 3.8) is 0 Å². The van der Waals surface area contributed by atoms with E-state index in [9.17, 15) is 14.4 Å². The number of carbonyl (C=O) groups excluding carboxylic acids is 3. The van der Waals surface area contributed by atoms with Crippen molar-refractivity contribution in [1.82, 2.24) is 0 Å². The summed E-state index contributed by atoms with van der Waals surface area (Å²) in [6.07, 6.45) is 3.59. The lowest BCUT2D eigenvalue weighted by Crippen LogP contribution is -2.33. The molecule has 5 nitrogen and oxygen atoms in total. The molecular formula is C22H26N2O3. The Bertz CT molecular complexity index is 787. The van der Waals surface area contributed by atoms with E-state index in [2.05, 4.69) is 0 Å². The van der Waals surface area contributed by atoms with E-state index in [0.717, 1.165) is 30.4 Å². The van der Waals surface area contributed by atoms with E-state index in [1.54, 1.807) is 7.05 Å². The number of anilines is 1. The second-order valence-electron chi connectivity index (χ2n) is 6.58. The normalized spacial score (nSPS) is 10.4. The Labute approximate surface area is 160 Å². The van der Waals surface area contributed by atoms with E-state index in [1.807, 2.05) is 54.6 Å². The Morgan fingerprint density at radius 3 is 2.11 bits per heavy atom. The molecule has 0 aliphatic rings. The van der Waals surface area contributed by atoms with Gasteiger partial charge in [-0.25, -0.2) is 0 Å². The van der Waals surface area contributed by atoms with Gasteiger partial charge in [-0.3, -0.25) is 14.4 Å². The number of nitrogens with two attached hydrogens (primary N) is 1. The quantitative estimate of drug-likeness (QED) is 0.514. The van der Waals surface area contributed by atoms with Gasteiger partial charge >= 0.3 is 0 Å². The van der Waals surface area contributed by atoms with E-state index in [-0.39, 0.29) is 12.3 Å². The van der Waals surface area contributed by atoms with Crippen LogP contribution in [0.25, 0.3) is 11.1 Å². The molecule has 142 valence electrons. The molecule has 0 fully saturated rings. The van der Waals surface area contributed by atoms with Gasteiger partial charge in [-0.05, 0) is 36.1 Å². The zero-order valence-electron chi connectivity index (χ0n) is 15.7. The number of Topliss-reactive ketones (excluding diaryl/α,β-unsaturated/α-hetero) is 1. The highest BCUT2D eigenvalue weighted by atomic mass is 16.2. The molecule has 0 saturated heterocycles. The van der Waals surface area contributed by atoms with Gasteiger partial charge in [0.25, 0.3) is 5.91 Å². The molecule has 2 N–H and O–H groups in total. The first-order chi connectivity index (χ1) is 13.0. The minimum atomic E-state index is -0.502. The minimum absolute atomic E-state index is 0.220. The standard InChI is InChI=1S/C22H26N2O3/c1-24(22(27)20(25)14-7-2-3-8-15-21(23)26)19-13-9-12-18(16-19)17-10-5-4-6-11-17/h4-6,9-13,16H,2-3,7-8,14-15H2,1H3,(H2,23,26). The van der Waals surface area contributed by atoms with Gasteiger partial charge < -0.3 is 10.6 Å². The summed E-state index contributed by atoms with van der Waals surface area (Å²) in [5.74, 6) is -1.20. The first-order valence-corrected chi connectivity index (χ1v) is 9.23. The average molecular weight is 366 g/mol. The summed E-state index contributed by atoms with van der Waals surface area (Å²) >= 11 is 0. The van der Waals surface area contributed by atoms with Crippen LogP contribution >= 0.6 is 0 Å². The Hall–Kier alpha value is -2.95. The van der Waals surface area contributed by atoms with Gasteiger partial charge in [0.15, 0.2) is 0 Å². The number of unbranched alkanes of at least 4 members (excludes halogenated alkanes) is 3. The van der Waals surface area contributed by atoms with Crippen molar-refractivity contribution in [3.8, 4) is 11.1 Å². The molecule has 0 aliphatic heterocycles. The summed E-state index contributed by atoms with van der Waals surface area (Å²) in [6, 6.07) is 17.5. The molecule has 0 bridgehead atoms. The first kappa shape index (κ1) is 20.4. The topological polar surface area (TPSA) is 80.5 Å². The molecule has 2 rings (SSSR count). The van der Waals surface area contributed by atoms with Crippen molar-refractivity contribution in [2.45, 2.75) is 38.5 Å². The van der Waals surface area contributed by atoms with Gasteiger partial charge in [0.05, 0.1) is 0 Å². The molecule has 0 saturated carbocycles. The molecule has 0 radical (unpaired) electrons. The molecule has 0 unspecified atom stereocenters. The maximum atomic E-state index is 12.4. The SMILES string of the molecule is CN(C(=O)C(=O)CCCCCCC(N)=O)c1cccc(-c2ccccc2)c1. The highest BCUT2D eigenvalue weighted by Gasteiger charge is 2.19. The van der Waals surface area contributed by atoms with E-state index in [4.69, 9.17) is 5.73 Å². The predicted octanol–water partition coefficient (Wildman–Crippen LogP) is 3.71. The third kappa shape index (κ3) is 6.37. The smallest absolute Gasteiger partial charge is 0.294 e. The maximum absolute atomic E-state index is 12.4. The van der Waals surface area contributed by atoms with Gasteiger partial charge in [0.2, 0.25) is 11.7 Å². The number of ketones is 1. The molecule has 2 aromatic rings. The lowest BCUT2D eigenvalue weighted by molar-refractivity contribution is -0.136. The van der Waals surface area contributed by atoms with Crippen molar-refractivity contribution in [1.29, 1.82) is 0 Å². The van der Waals surface area contributed by atoms with Gasteiger partial charge in [-0.1, -0.05) is 55.3 Å². The number of amides is 2. The zero-order valence-corrected chi connectivity index (χ0v) is 15.7. The number of likely N-dealkylation sites (N-methyl/N-ethyl adjacent to an activating group) is 1. The van der Waals surface area contributed by atoms with Crippen LogP contribution < -0.4 is 10.6 Å². The second kappa shape index (κ2) is 10.3. The van der Waals surface area contributed by atoms with Crippen LogP contribution in [-0.2, 0) is 14.4 Å². The van der Waals surface area contributed by atoms with Crippen LogP contribution in [0.2, 0.25) is 0 Å². The highest BCUT2D eigenvalue weighted by molar-refractivity contribution is 6.41. The van der Waals surface area contributed by atoms with E-state index >= 15 is 0 Å². The predicted molar refractivity (Wildman–Crippen MR) is 107 cm³/mol. The van der Waals surface area contributed by atoms with E-state index in [1.165, 1.54) is 4.90 Å². The van der Waals surface area contributed by atoms with Crippen LogP contribution in [0.1, 0.15) is 38.5 Å². The number of hydrogen-bond donors (Lipinski definition) is 1. The Morgan fingerprint density at radius 1 is 0.815 bits per heavy atom. The van der Waals surface area contributed by atoms with Crippen molar-refractivity contribution < 1.29 is 14.4 Å². The molecule has 5 heteroatoms. The second-order valence-corrected chi connectivity index (χ2v) is 6.58. The summed E-state index contributed by atoms with van der Waals surface area (Å²) in [6.45, 7) is 0. The summed E-state index contributed by atoms with van der Waals surface area (Å²) in [4.78, 5) is 36.7. The Kier molecular flexibility index (Phi) is 7.74. The number of benzene rings is 2. The molecule has 0 aliphatic carbocycles. The lowest BCUT2D eigenvalue weighted by atomic mass is 10.0. The van der Waals surface area contributed by atoms with Gasteiger partial charge in [0.1, 0.15) is 0 Å². The summed E-state index contributed by atoms with van der Waals surface area (Å²) in [5.41, 5.74) is 7.83. The fourth-order valence-corrected chi connectivity index (χ4v) is 2.87. The molecule has 0 atom stereocenters. The lowest BCUT2D eigenvalue weighted by Gasteiger charge is -2.17. The fourth-order valence-electron chi connectivity index (χ4n) is 2.87. The molecular weight excluding hydrogens is 340 g/mol. The number of carbonyl (C=O) groups is 3. The minimum Gasteiger partial charge on any atom is -0.370 e. The van der Waals surface area contributed by atoms with Crippen molar-refractivity contribution in [3.05, 3.63) is 54.6 Å². The van der Waals surface area contributed by atoms with E-state index < -0.39 is 11.7 Å². The van der Waals surface area contributed by atoms with Crippen molar-refractivity contribution >= 4 is 23.3 Å². The number of primary amides is 1. The Balaban J connectivity index is 1.89. The molecule has 2 aromatic carbocycles. The highest BCUT2D eigenvalue weighted by Crippen LogP contribution is 2.24. The third-order valence-electron chi connectivity index (χ3n) is 4.46. The van der Waals surface area contributed by atoms with Crippen molar-refractivity contribution in [2.24, 2.45) is 5.73 Å². The average Bonchev–Trinajstić information content (AvgIpc) is 2.69. The van der Waals surface area contributed by atoms with Crippen molar-refractivity contribution in [2.75, 3.05) is 11.9 Å². The number of rotatable bonds is 10. The molecule has 0 heterocycles. The number of hydrogen-bond acceptors (Lipinski definition) is 3. The van der Waals surface area contributed by atoms with Crippen LogP contribution in [0.3, 0.4) is 0 Å². The van der Waals surface area contributed by atoms with Crippen LogP contribution in [0.4, 0.5) is 5.69 Å². The van der Waals surface area contributed by atoms with E-state index in [0.29, 0.717) is 18.5 Å². The van der Waals surface area contributed by atoms with Crippen LogP contribution in [0.5, 0.6) is 0 Å². The van der Waals surface area contributed by atoms with Crippen LogP contribution in [0, 0.1) is 0 Å². The fraction of sp³-hybridized carbons (Fsp3) is 0.318. The monoisotopic (exact) mass is 366 g/mol. The molecule has 0 spiro atoms. The molecule has 2 amide bonds. The zero-order chi connectivity index (χ0) is 19.6. The molecule has 27 heavy (non-hydrogen) atoms. The van der Waals surface area contributed by atoms with Crippen LogP contribution in [0.15, 0.2) is 54.6 Å². The summed E-state index contributed by atoms with van der Waals surface area (Å²) < 4.78 is 0.